The summed E-state index contributed by atoms with van der Waals surface area (Å²) in [5.74, 6) is 0.0317. The van der Waals surface area contributed by atoms with Crippen LogP contribution >= 0.6 is 11.8 Å². The first kappa shape index (κ1) is 11.3. The van der Waals surface area contributed by atoms with Crippen LogP contribution in [0, 0.1) is 0 Å². The average Bonchev–Trinajstić information content (AvgIpc) is 2.72. The van der Waals surface area contributed by atoms with E-state index in [4.69, 9.17) is 5.11 Å². The van der Waals surface area contributed by atoms with E-state index in [-0.39, 0.29) is 18.1 Å². The lowest BCUT2D eigenvalue weighted by Crippen LogP contribution is -2.36. The largest absolute Gasteiger partial charge is 0.478 e. The van der Waals surface area contributed by atoms with Crippen molar-refractivity contribution in [1.29, 1.82) is 0 Å². The Kier molecular flexibility index (Phi) is 3.38. The molecule has 2 heterocycles. The lowest BCUT2D eigenvalue weighted by atomic mass is 10.0. The standard InChI is InChI=1S/C10H14N2O3S/c13-8(14)4-2-1-3-7-9-6(5-16-7)11-10(15)12-9/h2,4,6-7,9H,1,3,5H2,(H,13,14)(H2,11,12,15)/t6-,7-,9-/m0/s1. The van der Waals surface area contributed by atoms with E-state index in [0.717, 1.165) is 18.6 Å². The highest BCUT2D eigenvalue weighted by Crippen LogP contribution is 2.32. The van der Waals surface area contributed by atoms with Gasteiger partial charge >= 0.3 is 12.0 Å². The van der Waals surface area contributed by atoms with Gasteiger partial charge in [0.15, 0.2) is 0 Å². The average molecular weight is 242 g/mol. The van der Waals surface area contributed by atoms with Crippen LogP contribution in [-0.4, -0.2) is 40.2 Å². The van der Waals surface area contributed by atoms with Crippen molar-refractivity contribution >= 4 is 23.8 Å². The number of carboxylic acid groups (broad SMARTS) is 1. The second kappa shape index (κ2) is 4.78. The predicted octanol–water partition coefficient (Wildman–Crippen LogP) is 0.573. The summed E-state index contributed by atoms with van der Waals surface area (Å²) >= 11 is 1.84. The summed E-state index contributed by atoms with van der Waals surface area (Å²) in [6.07, 6.45) is 4.48. The minimum absolute atomic E-state index is 0.0821. The Morgan fingerprint density at radius 1 is 1.56 bits per heavy atom. The Balaban J connectivity index is 1.78. The first-order valence-corrected chi connectivity index (χ1v) is 6.30. The summed E-state index contributed by atoms with van der Waals surface area (Å²) in [5, 5.41) is 14.6. The Morgan fingerprint density at radius 3 is 3.12 bits per heavy atom. The molecule has 0 aromatic heterocycles. The van der Waals surface area contributed by atoms with Crippen LogP contribution in [0.1, 0.15) is 12.8 Å². The molecule has 0 unspecified atom stereocenters. The Hall–Kier alpha value is -1.17. The molecule has 2 fully saturated rings. The third-order valence-corrected chi connectivity index (χ3v) is 4.33. The van der Waals surface area contributed by atoms with Crippen LogP contribution < -0.4 is 10.6 Å². The lowest BCUT2D eigenvalue weighted by Gasteiger charge is -2.15. The van der Waals surface area contributed by atoms with Crippen LogP contribution in [0.15, 0.2) is 12.2 Å². The van der Waals surface area contributed by atoms with E-state index in [1.165, 1.54) is 6.08 Å². The second-order valence-corrected chi connectivity index (χ2v) is 5.21. The molecule has 2 aliphatic heterocycles. The van der Waals surface area contributed by atoms with E-state index in [0.29, 0.717) is 5.25 Å². The number of carbonyl (C=O) groups excluding carboxylic acids is 1. The number of fused-ring (bicyclic) bond motifs is 1. The maximum Gasteiger partial charge on any atom is 0.327 e. The van der Waals surface area contributed by atoms with E-state index < -0.39 is 5.97 Å². The zero-order valence-electron chi connectivity index (χ0n) is 8.68. The van der Waals surface area contributed by atoms with Gasteiger partial charge in [0.1, 0.15) is 0 Å². The fourth-order valence-corrected chi connectivity index (χ4v) is 3.60. The molecule has 2 aliphatic rings. The van der Waals surface area contributed by atoms with E-state index in [2.05, 4.69) is 10.6 Å². The molecule has 2 amide bonds. The zero-order chi connectivity index (χ0) is 11.5. The van der Waals surface area contributed by atoms with Crippen LogP contribution in [0.25, 0.3) is 0 Å². The second-order valence-electron chi connectivity index (χ2n) is 3.94. The summed E-state index contributed by atoms with van der Waals surface area (Å²) < 4.78 is 0. The van der Waals surface area contributed by atoms with Gasteiger partial charge in [-0.1, -0.05) is 6.08 Å². The fraction of sp³-hybridized carbons (Fsp3) is 0.600. The molecule has 0 radical (unpaired) electrons. The number of aliphatic carboxylic acids is 1. The normalized spacial score (nSPS) is 32.5. The van der Waals surface area contributed by atoms with Crippen LogP contribution in [0.2, 0.25) is 0 Å². The molecule has 0 aliphatic carbocycles. The molecule has 2 rings (SSSR count). The first-order chi connectivity index (χ1) is 7.66. The van der Waals surface area contributed by atoms with Crippen molar-refractivity contribution in [3.05, 3.63) is 12.2 Å². The van der Waals surface area contributed by atoms with Gasteiger partial charge in [0.2, 0.25) is 0 Å². The number of carbonyl (C=O) groups is 2. The molecule has 0 aromatic carbocycles. The van der Waals surface area contributed by atoms with Gasteiger partial charge in [0, 0.05) is 17.1 Å². The zero-order valence-corrected chi connectivity index (χ0v) is 9.50. The number of thioether (sulfide) groups is 1. The van der Waals surface area contributed by atoms with Crippen molar-refractivity contribution < 1.29 is 14.7 Å². The number of nitrogens with one attached hydrogen (secondary N) is 2. The Labute approximate surface area is 97.7 Å². The molecule has 3 N–H and O–H groups in total. The van der Waals surface area contributed by atoms with Crippen molar-refractivity contribution in [2.24, 2.45) is 0 Å². The number of hydrogen-bond acceptors (Lipinski definition) is 3. The van der Waals surface area contributed by atoms with Crippen LogP contribution in [0.5, 0.6) is 0 Å². The fourth-order valence-electron chi connectivity index (χ4n) is 2.09. The maximum absolute atomic E-state index is 11.1. The molecule has 0 saturated carbocycles. The molecule has 0 aromatic rings. The van der Waals surface area contributed by atoms with Gasteiger partial charge in [0.05, 0.1) is 12.1 Å². The lowest BCUT2D eigenvalue weighted by molar-refractivity contribution is -0.131. The third-order valence-electron chi connectivity index (χ3n) is 2.82. The number of rotatable bonds is 4. The number of urea groups is 1. The number of allylic oxidation sites excluding steroid dienone is 1. The molecule has 3 atom stereocenters. The molecular weight excluding hydrogens is 228 g/mol. The van der Waals surface area contributed by atoms with E-state index in [1.54, 1.807) is 6.08 Å². The van der Waals surface area contributed by atoms with Gasteiger partial charge in [0.25, 0.3) is 0 Å². The Morgan fingerprint density at radius 2 is 2.38 bits per heavy atom. The smallest absolute Gasteiger partial charge is 0.327 e. The third kappa shape index (κ3) is 2.49. The summed E-state index contributed by atoms with van der Waals surface area (Å²) in [4.78, 5) is 21.4. The molecular formula is C10H14N2O3S. The van der Waals surface area contributed by atoms with Crippen molar-refractivity contribution in [3.8, 4) is 0 Å². The predicted molar refractivity (Wildman–Crippen MR) is 61.5 cm³/mol. The van der Waals surface area contributed by atoms with E-state index in [1.807, 2.05) is 11.8 Å². The van der Waals surface area contributed by atoms with Crippen molar-refractivity contribution in [2.75, 3.05) is 5.75 Å². The summed E-state index contributed by atoms with van der Waals surface area (Å²) in [5.41, 5.74) is 0. The van der Waals surface area contributed by atoms with Crippen LogP contribution in [-0.2, 0) is 4.79 Å². The van der Waals surface area contributed by atoms with Crippen molar-refractivity contribution in [3.63, 3.8) is 0 Å². The maximum atomic E-state index is 11.1. The highest BCUT2D eigenvalue weighted by molar-refractivity contribution is 8.00. The van der Waals surface area contributed by atoms with Gasteiger partial charge in [-0.15, -0.1) is 0 Å². The number of carboxylic acids is 1. The van der Waals surface area contributed by atoms with Crippen molar-refractivity contribution in [2.45, 2.75) is 30.2 Å². The van der Waals surface area contributed by atoms with Gasteiger partial charge in [-0.2, -0.15) is 11.8 Å². The molecule has 2 saturated heterocycles. The summed E-state index contributed by atoms with van der Waals surface area (Å²) in [6, 6.07) is 0.364. The molecule has 0 spiro atoms. The Bertz CT molecular complexity index is 332. The van der Waals surface area contributed by atoms with Gasteiger partial charge < -0.3 is 15.7 Å². The highest BCUT2D eigenvalue weighted by atomic mass is 32.2. The van der Waals surface area contributed by atoms with Crippen LogP contribution in [0.3, 0.4) is 0 Å². The monoisotopic (exact) mass is 242 g/mol. The first-order valence-electron chi connectivity index (χ1n) is 5.25. The summed E-state index contributed by atoms with van der Waals surface area (Å²) in [7, 11) is 0. The molecule has 16 heavy (non-hydrogen) atoms. The summed E-state index contributed by atoms with van der Waals surface area (Å²) in [6.45, 7) is 0. The minimum Gasteiger partial charge on any atom is -0.478 e. The minimum atomic E-state index is -0.909. The van der Waals surface area contributed by atoms with Gasteiger partial charge in [-0.3, -0.25) is 0 Å². The SMILES string of the molecule is O=C(O)C=CCC[C@@H]1SC[C@@H]2NC(=O)N[C@@H]21. The van der Waals surface area contributed by atoms with Gasteiger partial charge in [-0.25, -0.2) is 9.59 Å². The molecule has 88 valence electrons. The van der Waals surface area contributed by atoms with E-state index in [9.17, 15) is 9.59 Å². The highest BCUT2D eigenvalue weighted by Gasteiger charge is 2.42. The van der Waals surface area contributed by atoms with E-state index >= 15 is 0 Å². The number of amides is 2. The molecule has 6 heteroatoms. The van der Waals surface area contributed by atoms with Gasteiger partial charge in [-0.05, 0) is 12.8 Å². The quantitative estimate of drug-likeness (QED) is 0.497. The molecule has 5 nitrogen and oxygen atoms in total. The topological polar surface area (TPSA) is 78.4 Å². The number of hydrogen-bond donors (Lipinski definition) is 3. The van der Waals surface area contributed by atoms with Crippen LogP contribution in [0.4, 0.5) is 4.79 Å². The molecule has 0 bridgehead atoms. The van der Waals surface area contributed by atoms with Crippen molar-refractivity contribution in [1.82, 2.24) is 10.6 Å².